The van der Waals surface area contributed by atoms with Crippen molar-refractivity contribution in [2.75, 3.05) is 5.88 Å². The molecule has 6 heteroatoms. The molecule has 1 aromatic carbocycles. The first-order valence-electron chi connectivity index (χ1n) is 6.12. The molecule has 0 unspecified atom stereocenters. The van der Waals surface area contributed by atoms with E-state index >= 15 is 0 Å². The van der Waals surface area contributed by atoms with Gasteiger partial charge in [0.15, 0.2) is 5.78 Å². The van der Waals surface area contributed by atoms with Crippen LogP contribution in [0, 0.1) is 5.41 Å². The van der Waals surface area contributed by atoms with Crippen LogP contribution in [-0.2, 0) is 11.2 Å². The van der Waals surface area contributed by atoms with Crippen molar-refractivity contribution in [2.45, 2.75) is 26.7 Å². The zero-order valence-electron chi connectivity index (χ0n) is 11.3. The van der Waals surface area contributed by atoms with Crippen LogP contribution in [0.15, 0.2) is 12.1 Å². The molecule has 0 radical (unpaired) electrons. The lowest BCUT2D eigenvalue weighted by atomic mass is 9.78. The fraction of sp³-hybridized carbons (Fsp3) is 0.429. The van der Waals surface area contributed by atoms with E-state index in [4.69, 9.17) is 40.5 Å². The molecule has 0 fully saturated rings. The Bertz CT molecular complexity index is 522. The first kappa shape index (κ1) is 17.3. The second kappa shape index (κ2) is 6.79. The number of nitrogens with two attached hydrogens (primary N) is 1. The van der Waals surface area contributed by atoms with Gasteiger partial charge >= 0.3 is 0 Å². The van der Waals surface area contributed by atoms with E-state index in [1.165, 1.54) is 12.1 Å². The van der Waals surface area contributed by atoms with Gasteiger partial charge in [-0.25, -0.2) is 0 Å². The SMILES string of the molecule is CC[C@@](C)(Cc1c(Cl)cc(C(N)=O)cc1Cl)C(=O)CCl. The highest BCUT2D eigenvalue weighted by Gasteiger charge is 2.32. The minimum absolute atomic E-state index is 0.0566. The van der Waals surface area contributed by atoms with Gasteiger partial charge in [-0.1, -0.05) is 37.0 Å². The summed E-state index contributed by atoms with van der Waals surface area (Å²) in [5.74, 6) is -0.720. The molecular weight excluding hydrogens is 321 g/mol. The summed E-state index contributed by atoms with van der Waals surface area (Å²) >= 11 is 18.0. The van der Waals surface area contributed by atoms with E-state index in [2.05, 4.69) is 0 Å². The maximum atomic E-state index is 12.0. The van der Waals surface area contributed by atoms with Gasteiger partial charge in [0.05, 0.1) is 5.88 Å². The number of Topliss-reactive ketones (excluding diaryl/α,β-unsaturated/α-hetero) is 1. The topological polar surface area (TPSA) is 60.2 Å². The Morgan fingerprint density at radius 2 is 1.75 bits per heavy atom. The van der Waals surface area contributed by atoms with Crippen molar-refractivity contribution in [1.29, 1.82) is 0 Å². The molecule has 0 aliphatic carbocycles. The Kier molecular flexibility index (Phi) is 5.87. The third kappa shape index (κ3) is 3.66. The van der Waals surface area contributed by atoms with Crippen molar-refractivity contribution in [3.8, 4) is 0 Å². The van der Waals surface area contributed by atoms with Crippen LogP contribution in [0.3, 0.4) is 0 Å². The van der Waals surface area contributed by atoms with Crippen molar-refractivity contribution in [2.24, 2.45) is 11.1 Å². The lowest BCUT2D eigenvalue weighted by molar-refractivity contribution is -0.125. The zero-order chi connectivity index (χ0) is 15.5. The van der Waals surface area contributed by atoms with Gasteiger partial charge in [0, 0.05) is 21.0 Å². The second-order valence-corrected chi connectivity index (χ2v) is 6.01. The second-order valence-electron chi connectivity index (χ2n) is 4.93. The van der Waals surface area contributed by atoms with Gasteiger partial charge in [-0.05, 0) is 30.5 Å². The van der Waals surface area contributed by atoms with Gasteiger partial charge in [-0.15, -0.1) is 11.6 Å². The number of halogens is 3. The Morgan fingerprint density at radius 3 is 2.10 bits per heavy atom. The number of carbonyl (C=O) groups is 2. The molecule has 3 nitrogen and oxygen atoms in total. The Balaban J connectivity index is 3.21. The standard InChI is InChI=1S/C14H16Cl3NO2/c1-3-14(2,12(19)7-15)6-9-10(16)4-8(13(18)20)5-11(9)17/h4-5H,3,6-7H2,1-2H3,(H2,18,20)/t14-/m0/s1. The summed E-state index contributed by atoms with van der Waals surface area (Å²) in [4.78, 5) is 23.1. The van der Waals surface area contributed by atoms with Gasteiger partial charge < -0.3 is 5.73 Å². The number of hydrogen-bond acceptors (Lipinski definition) is 2. The molecule has 0 aliphatic rings. The quantitative estimate of drug-likeness (QED) is 0.802. The number of rotatable bonds is 6. The van der Waals surface area contributed by atoms with Crippen LogP contribution >= 0.6 is 34.8 Å². The van der Waals surface area contributed by atoms with Crippen LogP contribution in [0.1, 0.15) is 36.2 Å². The molecular formula is C14H16Cl3NO2. The Morgan fingerprint density at radius 1 is 1.25 bits per heavy atom. The van der Waals surface area contributed by atoms with E-state index in [1.54, 1.807) is 0 Å². The van der Waals surface area contributed by atoms with E-state index in [0.717, 1.165) is 0 Å². The summed E-state index contributed by atoms with van der Waals surface area (Å²) in [6, 6.07) is 2.93. The van der Waals surface area contributed by atoms with Gasteiger partial charge in [-0.2, -0.15) is 0 Å². The summed E-state index contributed by atoms with van der Waals surface area (Å²) in [6.07, 6.45) is 0.981. The highest BCUT2D eigenvalue weighted by atomic mass is 35.5. The molecule has 0 spiro atoms. The molecule has 0 aromatic heterocycles. The summed E-state index contributed by atoms with van der Waals surface area (Å²) in [5, 5.41) is 0.654. The zero-order valence-corrected chi connectivity index (χ0v) is 13.6. The van der Waals surface area contributed by atoms with E-state index in [1.807, 2.05) is 13.8 Å². The highest BCUT2D eigenvalue weighted by molar-refractivity contribution is 6.36. The van der Waals surface area contributed by atoms with Gasteiger partial charge in [0.25, 0.3) is 0 Å². The summed E-state index contributed by atoms with van der Waals surface area (Å²) < 4.78 is 0. The molecule has 1 amide bonds. The van der Waals surface area contributed by atoms with E-state index < -0.39 is 11.3 Å². The largest absolute Gasteiger partial charge is 0.366 e. The number of hydrogen-bond donors (Lipinski definition) is 1. The maximum absolute atomic E-state index is 12.0. The molecule has 1 atom stereocenters. The van der Waals surface area contributed by atoms with Gasteiger partial charge in [0.1, 0.15) is 0 Å². The van der Waals surface area contributed by atoms with Crippen LogP contribution in [-0.4, -0.2) is 17.6 Å². The van der Waals surface area contributed by atoms with E-state index in [9.17, 15) is 9.59 Å². The van der Waals surface area contributed by atoms with E-state index in [0.29, 0.717) is 28.5 Å². The molecule has 1 aromatic rings. The van der Waals surface area contributed by atoms with Crippen molar-refractivity contribution < 1.29 is 9.59 Å². The molecule has 0 aliphatic heterocycles. The van der Waals surface area contributed by atoms with Crippen molar-refractivity contribution in [3.63, 3.8) is 0 Å². The smallest absolute Gasteiger partial charge is 0.248 e. The number of primary amides is 1. The number of carbonyl (C=O) groups excluding carboxylic acids is 2. The number of amides is 1. The van der Waals surface area contributed by atoms with Crippen molar-refractivity contribution >= 4 is 46.5 Å². The number of ketones is 1. The van der Waals surface area contributed by atoms with Crippen LogP contribution in [0.25, 0.3) is 0 Å². The van der Waals surface area contributed by atoms with Gasteiger partial charge in [-0.3, -0.25) is 9.59 Å². The van der Waals surface area contributed by atoms with E-state index in [-0.39, 0.29) is 17.2 Å². The molecule has 110 valence electrons. The third-order valence-corrected chi connectivity index (χ3v) is 4.48. The Labute approximate surface area is 133 Å². The summed E-state index contributed by atoms with van der Waals surface area (Å²) in [6.45, 7) is 3.73. The van der Waals surface area contributed by atoms with Crippen LogP contribution in [0.5, 0.6) is 0 Å². The molecule has 0 bridgehead atoms. The van der Waals surface area contributed by atoms with Crippen molar-refractivity contribution in [3.05, 3.63) is 33.3 Å². The van der Waals surface area contributed by atoms with Crippen LogP contribution < -0.4 is 5.73 Å². The monoisotopic (exact) mass is 335 g/mol. The molecule has 20 heavy (non-hydrogen) atoms. The third-order valence-electron chi connectivity index (χ3n) is 3.57. The van der Waals surface area contributed by atoms with Crippen LogP contribution in [0.2, 0.25) is 10.0 Å². The first-order valence-corrected chi connectivity index (χ1v) is 7.41. The summed E-state index contributed by atoms with van der Waals surface area (Å²) in [7, 11) is 0. The average Bonchev–Trinajstić information content (AvgIpc) is 2.41. The predicted molar refractivity (Wildman–Crippen MR) is 82.8 cm³/mol. The van der Waals surface area contributed by atoms with Crippen molar-refractivity contribution in [1.82, 2.24) is 0 Å². The number of benzene rings is 1. The lowest BCUT2D eigenvalue weighted by Crippen LogP contribution is -2.31. The molecule has 0 saturated heterocycles. The Hall–Kier alpha value is -0.770. The fourth-order valence-corrected chi connectivity index (χ4v) is 2.83. The average molecular weight is 337 g/mol. The molecule has 0 saturated carbocycles. The fourth-order valence-electron chi connectivity index (χ4n) is 1.89. The molecule has 0 heterocycles. The number of alkyl halides is 1. The maximum Gasteiger partial charge on any atom is 0.248 e. The molecule has 1 rings (SSSR count). The van der Waals surface area contributed by atoms with Gasteiger partial charge in [0.2, 0.25) is 5.91 Å². The lowest BCUT2D eigenvalue weighted by Gasteiger charge is -2.27. The normalized spacial score (nSPS) is 13.8. The molecule has 2 N–H and O–H groups in total. The minimum atomic E-state index is -0.636. The first-order chi connectivity index (χ1) is 9.25. The predicted octanol–water partition coefficient (Wildman–Crippen LogP) is 3.86. The van der Waals surface area contributed by atoms with Crippen LogP contribution in [0.4, 0.5) is 0 Å². The minimum Gasteiger partial charge on any atom is -0.366 e. The highest BCUT2D eigenvalue weighted by Crippen LogP contribution is 2.35. The summed E-state index contributed by atoms with van der Waals surface area (Å²) in [5.41, 5.74) is 5.43.